The maximum atomic E-state index is 11.7. The van der Waals surface area contributed by atoms with Gasteiger partial charge in [0.1, 0.15) is 0 Å². The van der Waals surface area contributed by atoms with Crippen LogP contribution in [0, 0.1) is 0 Å². The van der Waals surface area contributed by atoms with Crippen LogP contribution in [0.1, 0.15) is 46.5 Å². The van der Waals surface area contributed by atoms with Crippen LogP contribution in [0.3, 0.4) is 0 Å². The normalized spacial score (nSPS) is 19.7. The molecule has 1 atom stereocenters. The van der Waals surface area contributed by atoms with Gasteiger partial charge in [0.15, 0.2) is 0 Å². The lowest BCUT2D eigenvalue weighted by Crippen LogP contribution is -2.44. The van der Waals surface area contributed by atoms with E-state index in [0.717, 1.165) is 25.9 Å². The van der Waals surface area contributed by atoms with Gasteiger partial charge in [0.25, 0.3) is 0 Å². The van der Waals surface area contributed by atoms with Crippen LogP contribution in [0.5, 0.6) is 0 Å². The van der Waals surface area contributed by atoms with E-state index in [-0.39, 0.29) is 5.97 Å². The summed E-state index contributed by atoms with van der Waals surface area (Å²) >= 11 is 0. The summed E-state index contributed by atoms with van der Waals surface area (Å²) < 4.78 is 5.23. The highest BCUT2D eigenvalue weighted by molar-refractivity contribution is 5.71. The molecule has 1 heterocycles. The Morgan fingerprint density at radius 1 is 1.50 bits per heavy atom. The zero-order valence-electron chi connectivity index (χ0n) is 12.1. The minimum atomic E-state index is -0.0878. The molecule has 1 N–H and O–H groups in total. The SMILES string of the molecule is CCCCOC(=O)CN(CC1CCCN1)C(C)C. The van der Waals surface area contributed by atoms with Gasteiger partial charge in [-0.15, -0.1) is 0 Å². The van der Waals surface area contributed by atoms with E-state index in [9.17, 15) is 4.79 Å². The Morgan fingerprint density at radius 3 is 2.83 bits per heavy atom. The van der Waals surface area contributed by atoms with E-state index >= 15 is 0 Å². The molecule has 1 unspecified atom stereocenters. The average molecular weight is 256 g/mol. The Hall–Kier alpha value is -0.610. The van der Waals surface area contributed by atoms with Crippen molar-refractivity contribution < 1.29 is 9.53 Å². The number of ether oxygens (including phenoxy) is 1. The number of unbranched alkanes of at least 4 members (excludes halogenated alkanes) is 1. The molecule has 0 saturated carbocycles. The molecule has 1 saturated heterocycles. The van der Waals surface area contributed by atoms with Gasteiger partial charge in [-0.2, -0.15) is 0 Å². The highest BCUT2D eigenvalue weighted by Gasteiger charge is 2.21. The maximum absolute atomic E-state index is 11.7. The van der Waals surface area contributed by atoms with Crippen LogP contribution in [0.2, 0.25) is 0 Å². The lowest BCUT2D eigenvalue weighted by atomic mass is 10.2. The first-order chi connectivity index (χ1) is 8.63. The van der Waals surface area contributed by atoms with E-state index in [1.165, 1.54) is 12.8 Å². The Morgan fingerprint density at radius 2 is 2.28 bits per heavy atom. The Bertz CT molecular complexity index is 238. The van der Waals surface area contributed by atoms with Crippen molar-refractivity contribution in [1.82, 2.24) is 10.2 Å². The lowest BCUT2D eigenvalue weighted by Gasteiger charge is -2.28. The van der Waals surface area contributed by atoms with Crippen molar-refractivity contribution in [3.63, 3.8) is 0 Å². The quantitative estimate of drug-likeness (QED) is 0.531. The third-order valence-electron chi connectivity index (χ3n) is 3.44. The average Bonchev–Trinajstić information content (AvgIpc) is 2.81. The summed E-state index contributed by atoms with van der Waals surface area (Å²) in [5, 5.41) is 3.47. The standard InChI is InChI=1S/C14H28N2O2/c1-4-5-9-18-14(17)11-16(12(2)3)10-13-7-6-8-15-13/h12-13,15H,4-11H2,1-3H3. The Labute approximate surface area is 111 Å². The van der Waals surface area contributed by atoms with Crippen LogP contribution in [0.15, 0.2) is 0 Å². The summed E-state index contributed by atoms with van der Waals surface area (Å²) in [6.45, 7) is 9.39. The molecule has 18 heavy (non-hydrogen) atoms. The third-order valence-corrected chi connectivity index (χ3v) is 3.44. The van der Waals surface area contributed by atoms with Gasteiger partial charge in [0.2, 0.25) is 0 Å². The lowest BCUT2D eigenvalue weighted by molar-refractivity contribution is -0.145. The molecular formula is C14H28N2O2. The van der Waals surface area contributed by atoms with Crippen LogP contribution in [0.25, 0.3) is 0 Å². The molecule has 4 nitrogen and oxygen atoms in total. The molecule has 4 heteroatoms. The molecule has 0 aliphatic carbocycles. The van der Waals surface area contributed by atoms with Crippen molar-refractivity contribution in [3.05, 3.63) is 0 Å². The van der Waals surface area contributed by atoms with Gasteiger partial charge in [-0.1, -0.05) is 13.3 Å². The fourth-order valence-corrected chi connectivity index (χ4v) is 2.20. The van der Waals surface area contributed by atoms with Gasteiger partial charge >= 0.3 is 5.97 Å². The van der Waals surface area contributed by atoms with Crippen molar-refractivity contribution in [3.8, 4) is 0 Å². The molecule has 0 amide bonds. The summed E-state index contributed by atoms with van der Waals surface area (Å²) in [4.78, 5) is 13.9. The zero-order valence-corrected chi connectivity index (χ0v) is 12.1. The summed E-state index contributed by atoms with van der Waals surface area (Å²) in [5.74, 6) is -0.0878. The number of hydrogen-bond donors (Lipinski definition) is 1. The molecule has 1 aliphatic heterocycles. The number of hydrogen-bond acceptors (Lipinski definition) is 4. The molecule has 1 aliphatic rings. The number of carbonyl (C=O) groups is 1. The van der Waals surface area contributed by atoms with Crippen molar-refractivity contribution in [2.24, 2.45) is 0 Å². The van der Waals surface area contributed by atoms with Gasteiger partial charge in [0, 0.05) is 18.6 Å². The molecule has 1 rings (SSSR count). The highest BCUT2D eigenvalue weighted by Crippen LogP contribution is 2.09. The number of esters is 1. The number of carbonyl (C=O) groups excluding carboxylic acids is 1. The Balaban J connectivity index is 2.29. The largest absolute Gasteiger partial charge is 0.465 e. The van der Waals surface area contributed by atoms with Gasteiger partial charge in [-0.05, 0) is 39.7 Å². The summed E-state index contributed by atoms with van der Waals surface area (Å²) in [6.07, 6.45) is 4.48. The highest BCUT2D eigenvalue weighted by atomic mass is 16.5. The molecule has 0 aromatic heterocycles. The van der Waals surface area contributed by atoms with E-state index in [1.54, 1.807) is 0 Å². The van der Waals surface area contributed by atoms with Crippen molar-refractivity contribution >= 4 is 5.97 Å². The molecule has 0 bridgehead atoms. The minimum Gasteiger partial charge on any atom is -0.465 e. The molecule has 0 aromatic rings. The van der Waals surface area contributed by atoms with Crippen LogP contribution in [0.4, 0.5) is 0 Å². The van der Waals surface area contributed by atoms with Gasteiger partial charge in [-0.25, -0.2) is 0 Å². The summed E-state index contributed by atoms with van der Waals surface area (Å²) in [5.41, 5.74) is 0. The van der Waals surface area contributed by atoms with Crippen LogP contribution >= 0.6 is 0 Å². The summed E-state index contributed by atoms with van der Waals surface area (Å²) in [7, 11) is 0. The summed E-state index contributed by atoms with van der Waals surface area (Å²) in [6, 6.07) is 0.918. The molecule has 106 valence electrons. The number of rotatable bonds is 8. The fraction of sp³-hybridized carbons (Fsp3) is 0.929. The smallest absolute Gasteiger partial charge is 0.320 e. The molecule has 0 aromatic carbocycles. The molecular weight excluding hydrogens is 228 g/mol. The second kappa shape index (κ2) is 8.48. The first kappa shape index (κ1) is 15.4. The minimum absolute atomic E-state index is 0.0878. The first-order valence-electron chi connectivity index (χ1n) is 7.26. The molecule has 0 spiro atoms. The maximum Gasteiger partial charge on any atom is 0.320 e. The third kappa shape index (κ3) is 5.83. The monoisotopic (exact) mass is 256 g/mol. The second-order valence-electron chi connectivity index (χ2n) is 5.39. The second-order valence-corrected chi connectivity index (χ2v) is 5.39. The first-order valence-corrected chi connectivity index (χ1v) is 7.26. The van der Waals surface area contributed by atoms with Crippen LogP contribution in [-0.4, -0.2) is 49.2 Å². The molecule has 1 fully saturated rings. The van der Waals surface area contributed by atoms with Crippen LogP contribution < -0.4 is 5.32 Å². The van der Waals surface area contributed by atoms with Crippen molar-refractivity contribution in [2.75, 3.05) is 26.2 Å². The molecule has 0 radical (unpaired) electrons. The predicted octanol–water partition coefficient (Wildman–Crippen LogP) is 1.79. The van der Waals surface area contributed by atoms with E-state index in [4.69, 9.17) is 4.74 Å². The van der Waals surface area contributed by atoms with Gasteiger partial charge in [-0.3, -0.25) is 9.69 Å². The van der Waals surface area contributed by atoms with Gasteiger partial charge < -0.3 is 10.1 Å². The van der Waals surface area contributed by atoms with Gasteiger partial charge in [0.05, 0.1) is 13.2 Å². The number of nitrogens with one attached hydrogen (secondary N) is 1. The predicted molar refractivity (Wildman–Crippen MR) is 73.6 cm³/mol. The Kier molecular flexibility index (Phi) is 7.28. The van der Waals surface area contributed by atoms with E-state index in [0.29, 0.717) is 25.2 Å². The van der Waals surface area contributed by atoms with E-state index < -0.39 is 0 Å². The number of nitrogens with zero attached hydrogens (tertiary/aromatic N) is 1. The van der Waals surface area contributed by atoms with E-state index in [2.05, 4.69) is 31.0 Å². The zero-order chi connectivity index (χ0) is 13.4. The van der Waals surface area contributed by atoms with E-state index in [1.807, 2.05) is 0 Å². The van der Waals surface area contributed by atoms with Crippen molar-refractivity contribution in [2.45, 2.75) is 58.5 Å². The topological polar surface area (TPSA) is 41.6 Å². The fourth-order valence-electron chi connectivity index (χ4n) is 2.20. The van der Waals surface area contributed by atoms with Crippen molar-refractivity contribution in [1.29, 1.82) is 0 Å². The van der Waals surface area contributed by atoms with Crippen LogP contribution in [-0.2, 0) is 9.53 Å².